The molecule has 0 radical (unpaired) electrons. The summed E-state index contributed by atoms with van der Waals surface area (Å²) in [6.45, 7) is 0.408. The van der Waals surface area contributed by atoms with E-state index < -0.39 is 0 Å². The molecular weight excluding hydrogens is 255 g/mol. The molecule has 0 aliphatic carbocycles. The summed E-state index contributed by atoms with van der Waals surface area (Å²) in [7, 11) is 0. The van der Waals surface area contributed by atoms with E-state index in [1.165, 1.54) is 12.1 Å². The summed E-state index contributed by atoms with van der Waals surface area (Å²) >= 11 is 0. The Hall–Kier alpha value is -2.67. The molecule has 0 saturated carbocycles. The lowest BCUT2D eigenvalue weighted by Crippen LogP contribution is -2.24. The molecule has 0 unspecified atom stereocenters. The van der Waals surface area contributed by atoms with Crippen LogP contribution in [-0.2, 0) is 17.8 Å². The standard InChI is InChI=1S/C16H13FN2O/c17-15-7-5-12(6-8-15)9-16(20)19-11-14-3-1-13(10-18)2-4-14/h1-8H,9,11H2,(H,19,20). The number of amides is 1. The molecule has 0 fully saturated rings. The highest BCUT2D eigenvalue weighted by Crippen LogP contribution is 2.05. The SMILES string of the molecule is N#Cc1ccc(CNC(=O)Cc2ccc(F)cc2)cc1. The van der Waals surface area contributed by atoms with Gasteiger partial charge in [-0.1, -0.05) is 24.3 Å². The van der Waals surface area contributed by atoms with E-state index in [4.69, 9.17) is 5.26 Å². The van der Waals surface area contributed by atoms with Crippen LogP contribution in [0.2, 0.25) is 0 Å². The highest BCUT2D eigenvalue weighted by molar-refractivity contribution is 5.78. The van der Waals surface area contributed by atoms with Gasteiger partial charge in [0, 0.05) is 6.54 Å². The molecule has 0 aromatic heterocycles. The van der Waals surface area contributed by atoms with Crippen molar-refractivity contribution in [3.8, 4) is 6.07 Å². The van der Waals surface area contributed by atoms with Crippen LogP contribution in [0.25, 0.3) is 0 Å². The summed E-state index contributed by atoms with van der Waals surface area (Å²) in [4.78, 5) is 11.7. The average molecular weight is 268 g/mol. The number of nitrogens with one attached hydrogen (secondary N) is 1. The van der Waals surface area contributed by atoms with Crippen molar-refractivity contribution in [2.24, 2.45) is 0 Å². The first-order chi connectivity index (χ1) is 9.67. The van der Waals surface area contributed by atoms with Crippen LogP contribution in [0, 0.1) is 17.1 Å². The highest BCUT2D eigenvalue weighted by Gasteiger charge is 2.03. The van der Waals surface area contributed by atoms with E-state index in [0.29, 0.717) is 12.1 Å². The predicted octanol–water partition coefficient (Wildman–Crippen LogP) is 2.56. The Morgan fingerprint density at radius 1 is 1.05 bits per heavy atom. The molecule has 20 heavy (non-hydrogen) atoms. The van der Waals surface area contributed by atoms with Crippen molar-refractivity contribution >= 4 is 5.91 Å². The Morgan fingerprint density at radius 2 is 1.65 bits per heavy atom. The number of hydrogen-bond acceptors (Lipinski definition) is 2. The molecule has 0 saturated heterocycles. The second-order valence-corrected chi connectivity index (χ2v) is 4.39. The van der Waals surface area contributed by atoms with Gasteiger partial charge in [0.05, 0.1) is 18.1 Å². The largest absolute Gasteiger partial charge is 0.352 e. The fraction of sp³-hybridized carbons (Fsp3) is 0.125. The Morgan fingerprint density at radius 3 is 2.25 bits per heavy atom. The van der Waals surface area contributed by atoms with E-state index >= 15 is 0 Å². The molecule has 2 rings (SSSR count). The predicted molar refractivity (Wildman–Crippen MR) is 73.1 cm³/mol. The van der Waals surface area contributed by atoms with Crippen molar-refractivity contribution in [1.29, 1.82) is 5.26 Å². The van der Waals surface area contributed by atoms with Crippen molar-refractivity contribution < 1.29 is 9.18 Å². The van der Waals surface area contributed by atoms with Gasteiger partial charge < -0.3 is 5.32 Å². The minimum Gasteiger partial charge on any atom is -0.352 e. The van der Waals surface area contributed by atoms with Gasteiger partial charge in [-0.2, -0.15) is 5.26 Å². The zero-order chi connectivity index (χ0) is 14.4. The van der Waals surface area contributed by atoms with Crippen molar-refractivity contribution in [2.75, 3.05) is 0 Å². The van der Waals surface area contributed by atoms with Gasteiger partial charge in [0.1, 0.15) is 5.82 Å². The summed E-state index contributed by atoms with van der Waals surface area (Å²) in [5.41, 5.74) is 2.28. The first-order valence-electron chi connectivity index (χ1n) is 6.17. The molecule has 2 aromatic carbocycles. The van der Waals surface area contributed by atoms with Crippen LogP contribution in [0.4, 0.5) is 4.39 Å². The summed E-state index contributed by atoms with van der Waals surface area (Å²) in [6.07, 6.45) is 0.219. The van der Waals surface area contributed by atoms with Crippen LogP contribution >= 0.6 is 0 Å². The van der Waals surface area contributed by atoms with Gasteiger partial charge in [-0.3, -0.25) is 4.79 Å². The molecule has 4 heteroatoms. The lowest BCUT2D eigenvalue weighted by atomic mass is 10.1. The molecule has 3 nitrogen and oxygen atoms in total. The summed E-state index contributed by atoms with van der Waals surface area (Å²) in [5.74, 6) is -0.437. The van der Waals surface area contributed by atoms with Gasteiger partial charge in [0.2, 0.25) is 5.91 Å². The minimum atomic E-state index is -0.313. The Bertz CT molecular complexity index is 627. The van der Waals surface area contributed by atoms with E-state index in [9.17, 15) is 9.18 Å². The first-order valence-corrected chi connectivity index (χ1v) is 6.17. The zero-order valence-corrected chi connectivity index (χ0v) is 10.8. The number of carbonyl (C=O) groups excluding carboxylic acids is 1. The smallest absolute Gasteiger partial charge is 0.224 e. The number of carbonyl (C=O) groups is 1. The average Bonchev–Trinajstić information content (AvgIpc) is 2.48. The maximum absolute atomic E-state index is 12.7. The molecule has 100 valence electrons. The monoisotopic (exact) mass is 268 g/mol. The quantitative estimate of drug-likeness (QED) is 0.926. The van der Waals surface area contributed by atoms with Gasteiger partial charge in [-0.05, 0) is 35.4 Å². The molecule has 0 aliphatic rings. The molecule has 0 aliphatic heterocycles. The van der Waals surface area contributed by atoms with Gasteiger partial charge in [-0.25, -0.2) is 4.39 Å². The third-order valence-electron chi connectivity index (χ3n) is 2.85. The van der Waals surface area contributed by atoms with Crippen LogP contribution in [0.5, 0.6) is 0 Å². The van der Waals surface area contributed by atoms with Gasteiger partial charge in [0.15, 0.2) is 0 Å². The fourth-order valence-electron chi connectivity index (χ4n) is 1.75. The minimum absolute atomic E-state index is 0.124. The second kappa shape index (κ2) is 6.48. The van der Waals surface area contributed by atoms with Gasteiger partial charge >= 0.3 is 0 Å². The second-order valence-electron chi connectivity index (χ2n) is 4.39. The maximum atomic E-state index is 12.7. The normalized spacial score (nSPS) is 9.80. The number of nitriles is 1. The molecule has 1 N–H and O–H groups in total. The number of hydrogen-bond donors (Lipinski definition) is 1. The van der Waals surface area contributed by atoms with Crippen LogP contribution in [0.3, 0.4) is 0 Å². The van der Waals surface area contributed by atoms with Crippen molar-refractivity contribution in [3.05, 3.63) is 71.0 Å². The van der Waals surface area contributed by atoms with E-state index in [1.807, 2.05) is 6.07 Å². The number of nitrogens with zero attached hydrogens (tertiary/aromatic N) is 1. The lowest BCUT2D eigenvalue weighted by molar-refractivity contribution is -0.120. The molecule has 0 heterocycles. The Labute approximate surface area is 116 Å². The van der Waals surface area contributed by atoms with Gasteiger partial charge in [0.25, 0.3) is 0 Å². The van der Waals surface area contributed by atoms with Crippen LogP contribution in [0.15, 0.2) is 48.5 Å². The van der Waals surface area contributed by atoms with E-state index in [2.05, 4.69) is 5.32 Å². The first kappa shape index (κ1) is 13.8. The molecular formula is C16H13FN2O. The third kappa shape index (κ3) is 3.92. The molecule has 0 bridgehead atoms. The molecule has 1 amide bonds. The lowest BCUT2D eigenvalue weighted by Gasteiger charge is -2.05. The van der Waals surface area contributed by atoms with Crippen molar-refractivity contribution in [2.45, 2.75) is 13.0 Å². The summed E-state index contributed by atoms with van der Waals surface area (Å²) in [5, 5.41) is 11.5. The summed E-state index contributed by atoms with van der Waals surface area (Å²) in [6, 6.07) is 14.9. The van der Waals surface area contributed by atoms with Gasteiger partial charge in [-0.15, -0.1) is 0 Å². The van der Waals surface area contributed by atoms with E-state index in [1.54, 1.807) is 36.4 Å². The number of halogens is 1. The van der Waals surface area contributed by atoms with Crippen molar-refractivity contribution in [1.82, 2.24) is 5.32 Å². The number of rotatable bonds is 4. The van der Waals surface area contributed by atoms with Crippen LogP contribution < -0.4 is 5.32 Å². The topological polar surface area (TPSA) is 52.9 Å². The highest BCUT2D eigenvalue weighted by atomic mass is 19.1. The molecule has 0 spiro atoms. The van der Waals surface area contributed by atoms with Crippen molar-refractivity contribution in [3.63, 3.8) is 0 Å². The Kier molecular flexibility index (Phi) is 4.46. The van der Waals surface area contributed by atoms with E-state index in [-0.39, 0.29) is 18.1 Å². The Balaban J connectivity index is 1.85. The van der Waals surface area contributed by atoms with Crippen LogP contribution in [0.1, 0.15) is 16.7 Å². The fourth-order valence-corrected chi connectivity index (χ4v) is 1.75. The molecule has 2 aromatic rings. The zero-order valence-electron chi connectivity index (χ0n) is 10.8. The summed E-state index contributed by atoms with van der Waals surface area (Å²) < 4.78 is 12.7. The third-order valence-corrected chi connectivity index (χ3v) is 2.85. The number of benzene rings is 2. The van der Waals surface area contributed by atoms with Crippen LogP contribution in [-0.4, -0.2) is 5.91 Å². The van der Waals surface area contributed by atoms with E-state index in [0.717, 1.165) is 11.1 Å². The molecule has 0 atom stereocenters. The maximum Gasteiger partial charge on any atom is 0.224 e.